The van der Waals surface area contributed by atoms with Crippen LogP contribution in [0.25, 0.3) is 0 Å². The monoisotopic (exact) mass is 435 g/mol. The van der Waals surface area contributed by atoms with Gasteiger partial charge in [-0.15, -0.1) is 0 Å². The van der Waals surface area contributed by atoms with E-state index in [0.717, 1.165) is 25.0 Å². The fourth-order valence-electron chi connectivity index (χ4n) is 4.55. The third-order valence-electron chi connectivity index (χ3n) is 6.20. The molecule has 1 aromatic carbocycles. The smallest absolute Gasteiger partial charge is 0.361 e. The van der Waals surface area contributed by atoms with E-state index in [2.05, 4.69) is 5.16 Å². The average molecular weight is 435 g/mol. The summed E-state index contributed by atoms with van der Waals surface area (Å²) < 4.78 is 43.5. The van der Waals surface area contributed by atoms with Gasteiger partial charge in [0.05, 0.1) is 5.56 Å². The third-order valence-corrected chi connectivity index (χ3v) is 6.20. The summed E-state index contributed by atoms with van der Waals surface area (Å²) in [5.74, 6) is 0.358. The van der Waals surface area contributed by atoms with Crippen LogP contribution in [0.15, 0.2) is 34.9 Å². The van der Waals surface area contributed by atoms with Gasteiger partial charge in [0, 0.05) is 43.7 Å². The largest absolute Gasteiger partial charge is 0.416 e. The number of rotatable bonds is 3. The van der Waals surface area contributed by atoms with Gasteiger partial charge >= 0.3 is 6.18 Å². The van der Waals surface area contributed by atoms with E-state index in [0.29, 0.717) is 43.9 Å². The Morgan fingerprint density at radius 3 is 2.52 bits per heavy atom. The minimum Gasteiger partial charge on any atom is -0.361 e. The number of aromatic nitrogens is 1. The van der Waals surface area contributed by atoms with Gasteiger partial charge < -0.3 is 14.3 Å². The van der Waals surface area contributed by atoms with Crippen LogP contribution in [0.5, 0.6) is 0 Å². The maximum atomic E-state index is 13.0. The Balaban J connectivity index is 1.44. The van der Waals surface area contributed by atoms with Crippen molar-refractivity contribution in [2.45, 2.75) is 44.8 Å². The van der Waals surface area contributed by atoms with Crippen molar-refractivity contribution in [2.24, 2.45) is 5.92 Å². The van der Waals surface area contributed by atoms with E-state index in [1.54, 1.807) is 11.0 Å². The number of amides is 2. The van der Waals surface area contributed by atoms with Crippen molar-refractivity contribution in [1.29, 1.82) is 0 Å². The molecule has 0 bridgehead atoms. The highest BCUT2D eigenvalue weighted by atomic mass is 19.4. The maximum Gasteiger partial charge on any atom is 0.416 e. The molecule has 1 aromatic heterocycles. The summed E-state index contributed by atoms with van der Waals surface area (Å²) in [6.45, 7) is 3.49. The molecule has 2 atom stereocenters. The second kappa shape index (κ2) is 8.36. The number of halogens is 3. The van der Waals surface area contributed by atoms with Gasteiger partial charge in [-0.05, 0) is 49.4 Å². The molecule has 0 radical (unpaired) electrons. The minimum absolute atomic E-state index is 0.0136. The molecule has 166 valence electrons. The lowest BCUT2D eigenvalue weighted by atomic mass is 9.83. The van der Waals surface area contributed by atoms with Gasteiger partial charge in [0.2, 0.25) is 0 Å². The minimum atomic E-state index is -4.43. The highest BCUT2D eigenvalue weighted by Crippen LogP contribution is 2.33. The number of carbonyl (C=O) groups excluding carboxylic acids is 2. The first-order valence-electron chi connectivity index (χ1n) is 10.5. The molecule has 31 heavy (non-hydrogen) atoms. The van der Waals surface area contributed by atoms with E-state index in [1.807, 2.05) is 11.8 Å². The van der Waals surface area contributed by atoms with E-state index >= 15 is 0 Å². The van der Waals surface area contributed by atoms with Gasteiger partial charge in [-0.2, -0.15) is 13.2 Å². The number of benzene rings is 1. The first-order chi connectivity index (χ1) is 14.8. The molecule has 2 fully saturated rings. The van der Waals surface area contributed by atoms with Gasteiger partial charge in [0.1, 0.15) is 5.76 Å². The summed E-state index contributed by atoms with van der Waals surface area (Å²) in [7, 11) is 0. The summed E-state index contributed by atoms with van der Waals surface area (Å²) in [5, 5.41) is 3.90. The zero-order chi connectivity index (χ0) is 22.2. The molecule has 2 aliphatic heterocycles. The Hall–Kier alpha value is -2.84. The second-order valence-corrected chi connectivity index (χ2v) is 8.12. The number of likely N-dealkylation sites (tertiary alicyclic amines) is 2. The molecule has 0 spiro atoms. The van der Waals surface area contributed by atoms with E-state index in [1.165, 1.54) is 12.1 Å². The van der Waals surface area contributed by atoms with Crippen LogP contribution in [0.2, 0.25) is 0 Å². The summed E-state index contributed by atoms with van der Waals surface area (Å²) in [6.07, 6.45) is -1.42. The maximum absolute atomic E-state index is 13.0. The normalized spacial score (nSPS) is 21.7. The molecule has 0 saturated carbocycles. The molecular weight excluding hydrogens is 411 g/mol. The summed E-state index contributed by atoms with van der Waals surface area (Å²) >= 11 is 0. The third kappa shape index (κ3) is 4.31. The van der Waals surface area contributed by atoms with E-state index in [-0.39, 0.29) is 29.3 Å². The Morgan fingerprint density at radius 1 is 1.13 bits per heavy atom. The van der Waals surface area contributed by atoms with Crippen molar-refractivity contribution < 1.29 is 27.3 Å². The van der Waals surface area contributed by atoms with Crippen LogP contribution < -0.4 is 0 Å². The molecule has 2 amide bonds. The molecule has 0 aliphatic carbocycles. The highest BCUT2D eigenvalue weighted by Gasteiger charge is 2.40. The zero-order valence-corrected chi connectivity index (χ0v) is 17.2. The predicted molar refractivity (Wildman–Crippen MR) is 105 cm³/mol. The van der Waals surface area contributed by atoms with Gasteiger partial charge in [-0.1, -0.05) is 12.1 Å². The van der Waals surface area contributed by atoms with Crippen molar-refractivity contribution >= 4 is 11.8 Å². The lowest BCUT2D eigenvalue weighted by Crippen LogP contribution is -2.56. The van der Waals surface area contributed by atoms with Crippen LogP contribution in [-0.4, -0.2) is 52.4 Å². The number of piperidine rings is 2. The lowest BCUT2D eigenvalue weighted by molar-refractivity contribution is -0.137. The fourth-order valence-corrected chi connectivity index (χ4v) is 4.55. The van der Waals surface area contributed by atoms with Crippen molar-refractivity contribution in [1.82, 2.24) is 15.0 Å². The van der Waals surface area contributed by atoms with Crippen molar-refractivity contribution in [3.05, 3.63) is 52.9 Å². The van der Waals surface area contributed by atoms with Crippen LogP contribution in [0.1, 0.15) is 58.4 Å². The first-order valence-corrected chi connectivity index (χ1v) is 10.5. The summed E-state index contributed by atoms with van der Waals surface area (Å²) in [5.41, 5.74) is -0.228. The molecule has 3 heterocycles. The average Bonchev–Trinajstić information content (AvgIpc) is 3.26. The van der Waals surface area contributed by atoms with Gasteiger partial charge in [0.15, 0.2) is 5.69 Å². The van der Waals surface area contributed by atoms with Gasteiger partial charge in [-0.3, -0.25) is 9.59 Å². The number of aryl methyl sites for hydroxylation is 1. The quantitative estimate of drug-likeness (QED) is 0.730. The Bertz CT molecular complexity index is 955. The second-order valence-electron chi connectivity index (χ2n) is 8.12. The molecule has 6 nitrogen and oxygen atoms in total. The van der Waals surface area contributed by atoms with Crippen LogP contribution in [0, 0.1) is 5.92 Å². The van der Waals surface area contributed by atoms with Gasteiger partial charge in [-0.25, -0.2) is 0 Å². The van der Waals surface area contributed by atoms with Crippen LogP contribution >= 0.6 is 0 Å². The number of hydrogen-bond acceptors (Lipinski definition) is 4. The van der Waals surface area contributed by atoms with Crippen molar-refractivity contribution in [2.75, 3.05) is 19.6 Å². The van der Waals surface area contributed by atoms with E-state index < -0.39 is 11.7 Å². The molecule has 4 rings (SSSR count). The molecule has 2 saturated heterocycles. The Morgan fingerprint density at radius 2 is 1.87 bits per heavy atom. The summed E-state index contributed by atoms with van der Waals surface area (Å²) in [6, 6.07) is 6.01. The van der Waals surface area contributed by atoms with Crippen LogP contribution in [0.3, 0.4) is 0 Å². The van der Waals surface area contributed by atoms with Crippen LogP contribution in [0.4, 0.5) is 13.2 Å². The van der Waals surface area contributed by atoms with Crippen LogP contribution in [-0.2, 0) is 12.6 Å². The molecule has 2 aliphatic rings. The van der Waals surface area contributed by atoms with Crippen molar-refractivity contribution in [3.63, 3.8) is 0 Å². The molecule has 9 heteroatoms. The Labute approximate surface area is 178 Å². The lowest BCUT2D eigenvalue weighted by Gasteiger charge is -2.47. The number of alkyl halides is 3. The number of carbonyl (C=O) groups is 2. The Kier molecular flexibility index (Phi) is 5.77. The van der Waals surface area contributed by atoms with Gasteiger partial charge in [0.25, 0.3) is 11.8 Å². The fraction of sp³-hybridized carbons (Fsp3) is 0.500. The zero-order valence-electron chi connectivity index (χ0n) is 17.2. The van der Waals surface area contributed by atoms with E-state index in [9.17, 15) is 22.8 Å². The molecular formula is C22H24F3N3O3. The molecule has 0 N–H and O–H groups in total. The topological polar surface area (TPSA) is 66.7 Å². The number of fused-ring (bicyclic) bond motifs is 1. The first kappa shape index (κ1) is 21.4. The SMILES string of the molecule is CCc1cc(C(=O)N2CCC[C@@H]3CN(C(=O)c4ccc(C(F)(F)F)cc4)CC[C@@H]32)no1. The van der Waals surface area contributed by atoms with E-state index in [4.69, 9.17) is 4.52 Å². The molecule has 0 unspecified atom stereocenters. The number of nitrogens with zero attached hydrogens (tertiary/aromatic N) is 3. The molecule has 2 aromatic rings. The standard InChI is InChI=1S/C22H24F3N3O3/c1-2-17-12-18(26-31-17)21(30)28-10-3-4-15-13-27(11-9-19(15)28)20(29)14-5-7-16(8-6-14)22(23,24)25/h5-8,12,15,19H,2-4,9-11,13H2,1H3/t15-,19+/m1/s1. The highest BCUT2D eigenvalue weighted by molar-refractivity contribution is 5.94. The number of hydrogen-bond donors (Lipinski definition) is 0. The summed E-state index contributed by atoms with van der Waals surface area (Å²) in [4.78, 5) is 29.3. The van der Waals surface area contributed by atoms with Crippen molar-refractivity contribution in [3.8, 4) is 0 Å². The predicted octanol–water partition coefficient (Wildman–Crippen LogP) is 4.02.